The molecule has 3 rings (SSSR count). The molecule has 0 bridgehead atoms. The largest absolute Gasteiger partial charge is 0.461 e. The highest BCUT2D eigenvalue weighted by Crippen LogP contribution is 2.24. The third kappa shape index (κ3) is 2.47. The Labute approximate surface area is 126 Å². The van der Waals surface area contributed by atoms with Crippen LogP contribution in [0.5, 0.6) is 0 Å². The van der Waals surface area contributed by atoms with Gasteiger partial charge in [-0.15, -0.1) is 0 Å². The minimum Gasteiger partial charge on any atom is -0.461 e. The lowest BCUT2D eigenvalue weighted by Gasteiger charge is -2.25. The summed E-state index contributed by atoms with van der Waals surface area (Å²) in [5.74, 6) is -0.0891. The summed E-state index contributed by atoms with van der Waals surface area (Å²) < 4.78 is 10.1. The smallest absolute Gasteiger partial charge is 0.360 e. The summed E-state index contributed by atoms with van der Waals surface area (Å²) in [5.41, 5.74) is 1.94. The molecular formula is C14H16N4O4. The summed E-state index contributed by atoms with van der Waals surface area (Å²) in [7, 11) is 0. The van der Waals surface area contributed by atoms with Gasteiger partial charge >= 0.3 is 5.97 Å². The lowest BCUT2D eigenvalue weighted by atomic mass is 10.1. The second kappa shape index (κ2) is 5.63. The van der Waals surface area contributed by atoms with Crippen molar-refractivity contribution in [1.29, 1.82) is 0 Å². The van der Waals surface area contributed by atoms with Gasteiger partial charge in [-0.05, 0) is 19.9 Å². The molecule has 2 aromatic rings. The Balaban J connectivity index is 1.82. The van der Waals surface area contributed by atoms with Gasteiger partial charge in [0.1, 0.15) is 11.5 Å². The maximum atomic E-state index is 12.4. The summed E-state index contributed by atoms with van der Waals surface area (Å²) >= 11 is 0. The van der Waals surface area contributed by atoms with Gasteiger partial charge in [-0.2, -0.15) is 5.10 Å². The zero-order valence-electron chi connectivity index (χ0n) is 12.4. The molecule has 1 N–H and O–H groups in total. The van der Waals surface area contributed by atoms with Gasteiger partial charge in [0.05, 0.1) is 13.2 Å². The van der Waals surface area contributed by atoms with Gasteiger partial charge in [0.25, 0.3) is 5.91 Å². The van der Waals surface area contributed by atoms with Crippen LogP contribution in [0.3, 0.4) is 0 Å². The fraction of sp³-hybridized carbons (Fsp3) is 0.429. The molecule has 1 amide bonds. The third-order valence-corrected chi connectivity index (χ3v) is 3.51. The van der Waals surface area contributed by atoms with E-state index in [1.807, 2.05) is 6.92 Å². The van der Waals surface area contributed by atoms with Crippen LogP contribution in [0.2, 0.25) is 0 Å². The van der Waals surface area contributed by atoms with Crippen molar-refractivity contribution >= 4 is 11.9 Å². The molecule has 2 aromatic heterocycles. The van der Waals surface area contributed by atoms with Gasteiger partial charge in [-0.1, -0.05) is 5.16 Å². The van der Waals surface area contributed by atoms with E-state index in [4.69, 9.17) is 9.26 Å². The number of nitrogens with one attached hydrogen (secondary N) is 1. The molecule has 22 heavy (non-hydrogen) atoms. The Hall–Kier alpha value is -2.64. The van der Waals surface area contributed by atoms with Gasteiger partial charge in [0.15, 0.2) is 5.69 Å². The van der Waals surface area contributed by atoms with Crippen LogP contribution >= 0.6 is 0 Å². The van der Waals surface area contributed by atoms with Gasteiger partial charge < -0.3 is 14.2 Å². The van der Waals surface area contributed by atoms with E-state index in [0.29, 0.717) is 30.0 Å². The number of hydrogen-bond acceptors (Lipinski definition) is 6. The van der Waals surface area contributed by atoms with Crippen LogP contribution in [-0.4, -0.2) is 45.3 Å². The normalized spacial score (nSPS) is 13.8. The van der Waals surface area contributed by atoms with Gasteiger partial charge in [-0.25, -0.2) is 4.79 Å². The predicted molar refractivity (Wildman–Crippen MR) is 74.2 cm³/mol. The third-order valence-electron chi connectivity index (χ3n) is 3.51. The second-order valence-corrected chi connectivity index (χ2v) is 5.07. The molecule has 0 atom stereocenters. The van der Waals surface area contributed by atoms with E-state index in [2.05, 4.69) is 15.4 Å². The molecule has 8 nitrogen and oxygen atoms in total. The minimum absolute atomic E-state index is 0.146. The number of ether oxygens (including phenoxy) is 1. The van der Waals surface area contributed by atoms with Crippen LogP contribution in [0.25, 0.3) is 0 Å². The van der Waals surface area contributed by atoms with E-state index in [0.717, 1.165) is 5.69 Å². The number of aryl methyl sites for hydroxylation is 1. The SMILES string of the molecule is CCOC(=O)c1noc2c1CN(C(=O)c1cc(C)[nH]n1)CC2. The molecule has 1 aliphatic heterocycles. The molecular weight excluding hydrogens is 288 g/mol. The fourth-order valence-electron chi connectivity index (χ4n) is 2.43. The number of rotatable bonds is 3. The van der Waals surface area contributed by atoms with E-state index < -0.39 is 5.97 Å². The van der Waals surface area contributed by atoms with Crippen molar-refractivity contribution in [2.24, 2.45) is 0 Å². The van der Waals surface area contributed by atoms with E-state index in [-0.39, 0.29) is 24.8 Å². The molecule has 0 aromatic carbocycles. The molecule has 0 saturated carbocycles. The summed E-state index contributed by atoms with van der Waals surface area (Å²) in [5, 5.41) is 10.5. The first-order valence-electron chi connectivity index (χ1n) is 7.06. The highest BCUT2D eigenvalue weighted by molar-refractivity contribution is 5.93. The van der Waals surface area contributed by atoms with Crippen molar-refractivity contribution in [2.45, 2.75) is 26.8 Å². The summed E-state index contributed by atoms with van der Waals surface area (Å²) in [4.78, 5) is 25.9. The average Bonchev–Trinajstić information content (AvgIpc) is 3.12. The summed E-state index contributed by atoms with van der Waals surface area (Å²) in [6, 6.07) is 1.69. The van der Waals surface area contributed by atoms with Crippen molar-refractivity contribution in [1.82, 2.24) is 20.3 Å². The van der Waals surface area contributed by atoms with Crippen LogP contribution in [-0.2, 0) is 17.7 Å². The highest BCUT2D eigenvalue weighted by atomic mass is 16.5. The second-order valence-electron chi connectivity index (χ2n) is 5.07. The lowest BCUT2D eigenvalue weighted by molar-refractivity contribution is 0.0510. The zero-order valence-corrected chi connectivity index (χ0v) is 12.4. The topological polar surface area (TPSA) is 101 Å². The number of carbonyl (C=O) groups is 2. The fourth-order valence-corrected chi connectivity index (χ4v) is 2.43. The van der Waals surface area contributed by atoms with Crippen LogP contribution in [0.4, 0.5) is 0 Å². The van der Waals surface area contributed by atoms with Gasteiger partial charge in [0, 0.05) is 24.2 Å². The van der Waals surface area contributed by atoms with Crippen molar-refractivity contribution in [2.75, 3.05) is 13.2 Å². The molecule has 0 saturated heterocycles. The number of nitrogens with zero attached hydrogens (tertiary/aromatic N) is 3. The Morgan fingerprint density at radius 3 is 3.00 bits per heavy atom. The Morgan fingerprint density at radius 1 is 1.50 bits per heavy atom. The molecule has 0 aliphatic carbocycles. The first kappa shape index (κ1) is 14.3. The van der Waals surface area contributed by atoms with Crippen LogP contribution < -0.4 is 0 Å². The van der Waals surface area contributed by atoms with E-state index in [1.165, 1.54) is 0 Å². The maximum Gasteiger partial charge on any atom is 0.360 e. The number of fused-ring (bicyclic) bond motifs is 1. The number of esters is 1. The first-order valence-corrected chi connectivity index (χ1v) is 7.06. The Bertz CT molecular complexity index is 718. The van der Waals surface area contributed by atoms with E-state index >= 15 is 0 Å². The Kier molecular flexibility index (Phi) is 3.66. The lowest BCUT2D eigenvalue weighted by Crippen LogP contribution is -2.36. The van der Waals surface area contributed by atoms with Crippen LogP contribution in [0.15, 0.2) is 10.6 Å². The van der Waals surface area contributed by atoms with Gasteiger partial charge in [-0.3, -0.25) is 9.89 Å². The number of carbonyl (C=O) groups excluding carboxylic acids is 2. The van der Waals surface area contributed by atoms with Crippen LogP contribution in [0, 0.1) is 6.92 Å². The quantitative estimate of drug-likeness (QED) is 0.851. The monoisotopic (exact) mass is 304 g/mol. The molecule has 1 aliphatic rings. The summed E-state index contributed by atoms with van der Waals surface area (Å²) in [6.07, 6.45) is 0.511. The number of hydrogen-bond donors (Lipinski definition) is 1. The molecule has 0 fully saturated rings. The van der Waals surface area contributed by atoms with Crippen molar-refractivity contribution in [3.05, 3.63) is 34.5 Å². The molecule has 8 heteroatoms. The average molecular weight is 304 g/mol. The molecule has 0 radical (unpaired) electrons. The number of aromatic amines is 1. The molecule has 0 unspecified atom stereocenters. The summed E-state index contributed by atoms with van der Waals surface area (Å²) in [6.45, 7) is 4.57. The predicted octanol–water partition coefficient (Wildman–Crippen LogP) is 1.08. The van der Waals surface area contributed by atoms with Crippen molar-refractivity contribution < 1.29 is 18.8 Å². The van der Waals surface area contributed by atoms with Crippen molar-refractivity contribution in [3.8, 4) is 0 Å². The van der Waals surface area contributed by atoms with E-state index in [9.17, 15) is 9.59 Å². The van der Waals surface area contributed by atoms with E-state index in [1.54, 1.807) is 17.9 Å². The standard InChI is InChI=1S/C14H16N4O4/c1-3-21-14(20)12-9-7-18(5-4-11(9)22-17-12)13(19)10-6-8(2)15-16-10/h6H,3-5,7H2,1-2H3,(H,15,16). The number of aromatic nitrogens is 3. The number of amides is 1. The number of H-pyrrole nitrogens is 1. The molecule has 116 valence electrons. The van der Waals surface area contributed by atoms with Crippen molar-refractivity contribution in [3.63, 3.8) is 0 Å². The molecule has 3 heterocycles. The first-order chi connectivity index (χ1) is 10.6. The highest BCUT2D eigenvalue weighted by Gasteiger charge is 2.31. The van der Waals surface area contributed by atoms with Crippen LogP contribution in [0.1, 0.15) is 44.9 Å². The molecule has 0 spiro atoms. The zero-order chi connectivity index (χ0) is 15.7. The van der Waals surface area contributed by atoms with Gasteiger partial charge in [0.2, 0.25) is 0 Å². The minimum atomic E-state index is -0.530. The Morgan fingerprint density at radius 2 is 2.32 bits per heavy atom. The maximum absolute atomic E-state index is 12.4.